The van der Waals surface area contributed by atoms with Gasteiger partial charge in [0.15, 0.2) is 17.4 Å². The summed E-state index contributed by atoms with van der Waals surface area (Å²) in [6.45, 7) is 0.788. The van der Waals surface area contributed by atoms with Gasteiger partial charge in [-0.25, -0.2) is 36.5 Å². The first-order valence-corrected chi connectivity index (χ1v) is 15.3. The second-order valence-corrected chi connectivity index (χ2v) is 12.4. The normalized spacial score (nSPS) is 17.1. The molecule has 4 aromatic rings. The molecule has 3 heterocycles. The Kier molecular flexibility index (Phi) is 9.08. The average molecular weight is 714 g/mol. The predicted octanol–water partition coefficient (Wildman–Crippen LogP) is 5.41. The maximum Gasteiger partial charge on any atom is 0.237 e. The van der Waals surface area contributed by atoms with Crippen LogP contribution in [0.4, 0.5) is 29.2 Å². The number of sulfonamides is 1. The molecular weight excluding hydrogens is 691 g/mol. The molecule has 2 aromatic carbocycles. The number of nitrogens with zero attached hydrogens (tertiary/aromatic N) is 3. The number of ether oxygens (including phenoxy) is 1. The number of benzene rings is 2. The number of hydrogen-bond acceptors (Lipinski definition) is 8. The van der Waals surface area contributed by atoms with Crippen molar-refractivity contribution >= 4 is 44.2 Å². The van der Waals surface area contributed by atoms with Crippen LogP contribution >= 0.6 is 22.6 Å². The number of nitrogens with one attached hydrogen (secondary N) is 3. The van der Waals surface area contributed by atoms with E-state index >= 15 is 4.39 Å². The van der Waals surface area contributed by atoms with Gasteiger partial charge in [0.05, 0.1) is 17.0 Å². The van der Waals surface area contributed by atoms with Crippen LogP contribution in [-0.2, 0) is 15.8 Å². The first-order valence-electron chi connectivity index (χ1n) is 12.6. The molecule has 15 heteroatoms. The summed E-state index contributed by atoms with van der Waals surface area (Å²) in [5, 5.41) is 6.03. The van der Waals surface area contributed by atoms with E-state index < -0.39 is 50.8 Å². The highest BCUT2D eigenvalue weighted by Gasteiger charge is 2.26. The summed E-state index contributed by atoms with van der Waals surface area (Å²) in [5.41, 5.74) is -0.268. The van der Waals surface area contributed by atoms with Crippen LogP contribution in [0.3, 0.4) is 0 Å². The Morgan fingerprint density at radius 2 is 1.81 bits per heavy atom. The van der Waals surface area contributed by atoms with E-state index in [1.54, 1.807) is 41.1 Å². The maximum atomic E-state index is 15.1. The van der Waals surface area contributed by atoms with Crippen LogP contribution in [0.15, 0.2) is 60.9 Å². The third-order valence-corrected chi connectivity index (χ3v) is 8.14. The van der Waals surface area contributed by atoms with E-state index in [4.69, 9.17) is 4.74 Å². The Morgan fingerprint density at radius 1 is 1.02 bits per heavy atom. The smallest absolute Gasteiger partial charge is 0.237 e. The van der Waals surface area contributed by atoms with Crippen molar-refractivity contribution in [3.8, 4) is 22.9 Å². The van der Waals surface area contributed by atoms with Crippen molar-refractivity contribution < 1.29 is 30.7 Å². The fraction of sp³-hybridized carbons (Fsp3) is 0.222. The molecule has 42 heavy (non-hydrogen) atoms. The van der Waals surface area contributed by atoms with Crippen molar-refractivity contribution in [3.63, 3.8) is 0 Å². The van der Waals surface area contributed by atoms with Crippen LogP contribution in [0.1, 0.15) is 12.0 Å². The highest BCUT2D eigenvalue weighted by molar-refractivity contribution is 14.1. The summed E-state index contributed by atoms with van der Waals surface area (Å²) >= 11 is 2.05. The third kappa shape index (κ3) is 7.25. The Bertz CT molecular complexity index is 1700. The molecule has 3 N–H and O–H groups in total. The van der Waals surface area contributed by atoms with Gasteiger partial charge in [-0.3, -0.25) is 4.72 Å². The van der Waals surface area contributed by atoms with E-state index in [-0.39, 0.29) is 42.1 Å². The molecule has 5 rings (SSSR count). The molecule has 2 aromatic heterocycles. The summed E-state index contributed by atoms with van der Waals surface area (Å²) in [5.74, 6) is -6.27. The fourth-order valence-corrected chi connectivity index (χ4v) is 5.83. The molecule has 1 aliphatic rings. The SMILES string of the molecule is O=S(=O)(Cc1ccc(I)cc1)Nc1c(F)cc(Oc2ncccc2-c2ccnc(NC3CNC[C@@H](F)C3)n2)c(F)c1F. The topological polar surface area (TPSA) is 118 Å². The highest BCUT2D eigenvalue weighted by atomic mass is 127. The molecule has 1 fully saturated rings. The molecule has 1 unspecified atom stereocenters. The van der Waals surface area contributed by atoms with Gasteiger partial charge in [0.2, 0.25) is 27.7 Å². The highest BCUT2D eigenvalue weighted by Crippen LogP contribution is 2.36. The van der Waals surface area contributed by atoms with Crippen LogP contribution in [0, 0.1) is 21.0 Å². The number of rotatable bonds is 9. The predicted molar refractivity (Wildman–Crippen MR) is 157 cm³/mol. The second kappa shape index (κ2) is 12.7. The summed E-state index contributed by atoms with van der Waals surface area (Å²) < 4.78 is 92.0. The summed E-state index contributed by atoms with van der Waals surface area (Å²) in [7, 11) is -4.29. The molecule has 220 valence electrons. The lowest BCUT2D eigenvalue weighted by Gasteiger charge is -2.26. The molecule has 2 atom stereocenters. The lowest BCUT2D eigenvalue weighted by molar-refractivity contribution is 0.254. The van der Waals surface area contributed by atoms with E-state index in [1.807, 2.05) is 22.6 Å². The van der Waals surface area contributed by atoms with Crippen molar-refractivity contribution in [2.75, 3.05) is 23.1 Å². The minimum absolute atomic E-state index is 0.202. The molecule has 9 nitrogen and oxygen atoms in total. The number of hydrogen-bond donors (Lipinski definition) is 3. The van der Waals surface area contributed by atoms with Crippen molar-refractivity contribution in [3.05, 3.63) is 87.5 Å². The average Bonchev–Trinajstić information content (AvgIpc) is 2.95. The zero-order chi connectivity index (χ0) is 29.9. The van der Waals surface area contributed by atoms with Crippen LogP contribution in [0.2, 0.25) is 0 Å². The van der Waals surface area contributed by atoms with Gasteiger partial charge in [0, 0.05) is 47.6 Å². The van der Waals surface area contributed by atoms with Gasteiger partial charge < -0.3 is 15.4 Å². The van der Waals surface area contributed by atoms with Crippen molar-refractivity contribution in [2.24, 2.45) is 0 Å². The Hall–Kier alpha value is -3.57. The number of aromatic nitrogens is 3. The number of pyridine rings is 1. The Labute approximate surface area is 252 Å². The van der Waals surface area contributed by atoms with Gasteiger partial charge in [0.25, 0.3) is 0 Å². The van der Waals surface area contributed by atoms with Crippen molar-refractivity contribution in [1.29, 1.82) is 0 Å². The minimum Gasteiger partial charge on any atom is -0.435 e. The first kappa shape index (κ1) is 29.9. The molecule has 0 radical (unpaired) electrons. The number of halogens is 5. The maximum absolute atomic E-state index is 15.1. The largest absolute Gasteiger partial charge is 0.435 e. The minimum atomic E-state index is -4.29. The standard InChI is InChI=1S/C27H23F4IN6O3S/c28-16-10-18(13-33-12-16)36-27-35-9-7-21(37-27)19-2-1-8-34-26(19)41-22-11-20(29)25(24(31)23(22)30)38-42(39,40)14-15-3-5-17(32)6-4-15/h1-9,11,16,18,33,38H,10,12-14H2,(H,35,36,37)/t16-,18?/m0/s1. The first-order chi connectivity index (χ1) is 20.1. The molecule has 1 saturated heterocycles. The van der Waals surface area contributed by atoms with Crippen LogP contribution in [0.25, 0.3) is 11.3 Å². The van der Waals surface area contributed by atoms with Gasteiger partial charge >= 0.3 is 0 Å². The van der Waals surface area contributed by atoms with E-state index in [2.05, 4.69) is 25.6 Å². The molecule has 0 amide bonds. The van der Waals surface area contributed by atoms with Gasteiger partial charge in [-0.05, 0) is 58.5 Å². The Balaban J connectivity index is 1.37. The quantitative estimate of drug-likeness (QED) is 0.120. The molecular formula is C27H23F4IN6O3S. The number of piperidine rings is 1. The van der Waals surface area contributed by atoms with Crippen LogP contribution in [0.5, 0.6) is 11.6 Å². The van der Waals surface area contributed by atoms with E-state index in [0.717, 1.165) is 3.57 Å². The van der Waals surface area contributed by atoms with E-state index in [9.17, 15) is 21.6 Å². The van der Waals surface area contributed by atoms with Crippen molar-refractivity contribution in [1.82, 2.24) is 20.3 Å². The molecule has 1 aliphatic heterocycles. The zero-order valence-electron chi connectivity index (χ0n) is 21.6. The monoisotopic (exact) mass is 714 g/mol. The van der Waals surface area contributed by atoms with Crippen molar-refractivity contribution in [2.45, 2.75) is 24.4 Å². The summed E-state index contributed by atoms with van der Waals surface area (Å²) in [4.78, 5) is 12.6. The lowest BCUT2D eigenvalue weighted by atomic mass is 10.1. The van der Waals surface area contributed by atoms with E-state index in [1.165, 1.54) is 18.5 Å². The molecule has 0 spiro atoms. The Morgan fingerprint density at radius 3 is 2.57 bits per heavy atom. The number of alkyl halides is 1. The van der Waals surface area contributed by atoms with Gasteiger partial charge in [-0.15, -0.1) is 0 Å². The van der Waals surface area contributed by atoms with Gasteiger partial charge in [0.1, 0.15) is 11.9 Å². The fourth-order valence-electron chi connectivity index (χ4n) is 4.26. The lowest BCUT2D eigenvalue weighted by Crippen LogP contribution is -2.44. The van der Waals surface area contributed by atoms with Gasteiger partial charge in [-0.2, -0.15) is 4.39 Å². The van der Waals surface area contributed by atoms with Crippen LogP contribution in [-0.4, -0.2) is 48.7 Å². The van der Waals surface area contributed by atoms with Gasteiger partial charge in [-0.1, -0.05) is 12.1 Å². The van der Waals surface area contributed by atoms with Crippen LogP contribution < -0.4 is 20.1 Å². The second-order valence-electron chi connectivity index (χ2n) is 9.40. The molecule has 0 aliphatic carbocycles. The summed E-state index contributed by atoms with van der Waals surface area (Å²) in [6.07, 6.45) is 2.03. The summed E-state index contributed by atoms with van der Waals surface area (Å²) in [6, 6.07) is 11.4. The zero-order valence-corrected chi connectivity index (χ0v) is 24.6. The molecule has 0 bridgehead atoms. The number of anilines is 2. The van der Waals surface area contributed by atoms with E-state index in [0.29, 0.717) is 18.2 Å². The third-order valence-electron chi connectivity index (χ3n) is 6.19. The molecule has 0 saturated carbocycles.